The molecule has 0 unspecified atom stereocenters. The number of rotatable bonds is 5. The molecule has 1 rings (SSSR count). The second-order valence-corrected chi connectivity index (χ2v) is 6.73. The van der Waals surface area contributed by atoms with Crippen molar-refractivity contribution in [3.63, 3.8) is 0 Å². The van der Waals surface area contributed by atoms with Gasteiger partial charge in [-0.25, -0.2) is 4.79 Å². The van der Waals surface area contributed by atoms with Crippen molar-refractivity contribution in [2.75, 3.05) is 0 Å². The molecule has 3 heteroatoms. The van der Waals surface area contributed by atoms with Gasteiger partial charge in [-0.1, -0.05) is 51.1 Å². The summed E-state index contributed by atoms with van der Waals surface area (Å²) in [6, 6.07) is 9.57. The number of hydrogen-bond donors (Lipinski definition) is 0. The zero-order valence-corrected chi connectivity index (χ0v) is 13.0. The maximum atomic E-state index is 11.6. The fourth-order valence-electron chi connectivity index (χ4n) is 2.22. The van der Waals surface area contributed by atoms with E-state index >= 15 is 0 Å². The maximum Gasteiger partial charge on any atom is 0.365 e. The first kappa shape index (κ1) is 16.4. The lowest BCUT2D eigenvalue weighted by molar-refractivity contribution is -0.326. The Morgan fingerprint density at radius 1 is 1.10 bits per heavy atom. The second-order valence-electron chi connectivity index (χ2n) is 6.73. The van der Waals surface area contributed by atoms with Crippen molar-refractivity contribution in [1.82, 2.24) is 0 Å². The van der Waals surface area contributed by atoms with Crippen LogP contribution in [0.1, 0.15) is 46.6 Å². The standard InChI is InChI=1S/C17H24O3/c1-16(2,3)13-17(4,5)20-19-15(18)12-11-14-9-7-6-8-10-14/h6-12H,13H2,1-5H3. The van der Waals surface area contributed by atoms with Gasteiger partial charge in [0.05, 0.1) is 0 Å². The van der Waals surface area contributed by atoms with Crippen LogP contribution in [0.15, 0.2) is 36.4 Å². The van der Waals surface area contributed by atoms with Gasteiger partial charge in [-0.15, -0.1) is 0 Å². The van der Waals surface area contributed by atoms with E-state index in [0.717, 1.165) is 12.0 Å². The lowest BCUT2D eigenvalue weighted by Crippen LogP contribution is -2.31. The largest absolute Gasteiger partial charge is 0.365 e. The molecule has 0 saturated carbocycles. The number of carbonyl (C=O) groups is 1. The van der Waals surface area contributed by atoms with Crippen molar-refractivity contribution >= 4 is 12.0 Å². The Balaban J connectivity index is 2.45. The van der Waals surface area contributed by atoms with Gasteiger partial charge >= 0.3 is 5.97 Å². The summed E-state index contributed by atoms with van der Waals surface area (Å²) in [5.74, 6) is -0.504. The van der Waals surface area contributed by atoms with E-state index in [1.54, 1.807) is 6.08 Å². The summed E-state index contributed by atoms with van der Waals surface area (Å²) >= 11 is 0. The number of hydrogen-bond acceptors (Lipinski definition) is 3. The molecule has 110 valence electrons. The average molecular weight is 276 g/mol. The van der Waals surface area contributed by atoms with Gasteiger partial charge in [-0.3, -0.25) is 4.89 Å². The summed E-state index contributed by atoms with van der Waals surface area (Å²) < 4.78 is 0. The van der Waals surface area contributed by atoms with Crippen LogP contribution in [-0.2, 0) is 14.6 Å². The highest BCUT2D eigenvalue weighted by Gasteiger charge is 2.28. The van der Waals surface area contributed by atoms with Crippen LogP contribution in [0.4, 0.5) is 0 Å². The molecule has 0 aliphatic rings. The summed E-state index contributed by atoms with van der Waals surface area (Å²) in [5.41, 5.74) is 0.544. The summed E-state index contributed by atoms with van der Waals surface area (Å²) in [6.07, 6.45) is 3.85. The molecular formula is C17H24O3. The van der Waals surface area contributed by atoms with Gasteiger partial charge in [0.15, 0.2) is 0 Å². The third-order valence-corrected chi connectivity index (χ3v) is 2.52. The van der Waals surface area contributed by atoms with Gasteiger partial charge in [0, 0.05) is 6.08 Å². The molecular weight excluding hydrogens is 252 g/mol. The topological polar surface area (TPSA) is 35.5 Å². The van der Waals surface area contributed by atoms with Crippen LogP contribution in [0, 0.1) is 5.41 Å². The van der Waals surface area contributed by atoms with Gasteiger partial charge in [-0.05, 0) is 37.3 Å². The summed E-state index contributed by atoms with van der Waals surface area (Å²) in [4.78, 5) is 21.7. The Bertz CT molecular complexity index is 453. The minimum absolute atomic E-state index is 0.107. The monoisotopic (exact) mass is 276 g/mol. The predicted octanol–water partition coefficient (Wildman–Crippen LogP) is 4.39. The maximum absolute atomic E-state index is 11.6. The van der Waals surface area contributed by atoms with Crippen molar-refractivity contribution in [2.24, 2.45) is 5.41 Å². The third-order valence-electron chi connectivity index (χ3n) is 2.52. The first-order valence-electron chi connectivity index (χ1n) is 6.81. The molecule has 20 heavy (non-hydrogen) atoms. The van der Waals surface area contributed by atoms with Crippen LogP contribution in [0.3, 0.4) is 0 Å². The molecule has 0 atom stereocenters. The molecule has 0 heterocycles. The smallest absolute Gasteiger partial charge is 0.293 e. The number of carbonyl (C=O) groups excluding carboxylic acids is 1. The minimum atomic E-state index is -0.505. The van der Waals surface area contributed by atoms with Crippen molar-refractivity contribution in [1.29, 1.82) is 0 Å². The Kier molecular flexibility index (Phi) is 5.52. The summed E-state index contributed by atoms with van der Waals surface area (Å²) in [6.45, 7) is 10.2. The molecule has 0 spiro atoms. The molecule has 0 aliphatic carbocycles. The van der Waals surface area contributed by atoms with Gasteiger partial charge in [0.25, 0.3) is 0 Å². The fraction of sp³-hybridized carbons (Fsp3) is 0.471. The molecule has 1 aromatic carbocycles. The van der Waals surface area contributed by atoms with E-state index in [4.69, 9.17) is 9.78 Å². The molecule has 1 aromatic rings. The summed E-state index contributed by atoms with van der Waals surface area (Å²) in [5, 5.41) is 0. The van der Waals surface area contributed by atoms with Crippen LogP contribution in [0.25, 0.3) is 6.08 Å². The van der Waals surface area contributed by atoms with Crippen molar-refractivity contribution < 1.29 is 14.6 Å². The van der Waals surface area contributed by atoms with E-state index in [0.29, 0.717) is 0 Å². The molecule has 0 aromatic heterocycles. The zero-order chi connectivity index (χ0) is 15.2. The van der Waals surface area contributed by atoms with E-state index < -0.39 is 11.6 Å². The van der Waals surface area contributed by atoms with Crippen LogP contribution < -0.4 is 0 Å². The lowest BCUT2D eigenvalue weighted by atomic mass is 9.84. The first-order chi connectivity index (χ1) is 9.18. The first-order valence-corrected chi connectivity index (χ1v) is 6.81. The summed E-state index contributed by atoms with van der Waals surface area (Å²) in [7, 11) is 0. The van der Waals surface area contributed by atoms with Crippen LogP contribution in [-0.4, -0.2) is 11.6 Å². The third kappa shape index (κ3) is 7.10. The highest BCUT2D eigenvalue weighted by atomic mass is 17.2. The predicted molar refractivity (Wildman–Crippen MR) is 80.8 cm³/mol. The van der Waals surface area contributed by atoms with Crippen molar-refractivity contribution in [2.45, 2.75) is 46.6 Å². The highest BCUT2D eigenvalue weighted by Crippen LogP contribution is 2.29. The second kappa shape index (κ2) is 6.71. The fourth-order valence-corrected chi connectivity index (χ4v) is 2.22. The van der Waals surface area contributed by atoms with Crippen LogP contribution in [0.2, 0.25) is 0 Å². The van der Waals surface area contributed by atoms with Gasteiger partial charge < -0.3 is 0 Å². The van der Waals surface area contributed by atoms with Crippen molar-refractivity contribution in [3.05, 3.63) is 42.0 Å². The minimum Gasteiger partial charge on any atom is -0.293 e. The molecule has 0 saturated heterocycles. The van der Waals surface area contributed by atoms with Crippen LogP contribution in [0.5, 0.6) is 0 Å². The molecule has 0 amide bonds. The van der Waals surface area contributed by atoms with E-state index in [9.17, 15) is 4.79 Å². The SMILES string of the molecule is CC(C)(C)CC(C)(C)OOC(=O)C=Cc1ccccc1. The van der Waals surface area contributed by atoms with Gasteiger partial charge in [0.2, 0.25) is 0 Å². The number of benzene rings is 1. The van der Waals surface area contributed by atoms with E-state index in [2.05, 4.69) is 20.8 Å². The Morgan fingerprint density at radius 3 is 2.25 bits per heavy atom. The van der Waals surface area contributed by atoms with Crippen LogP contribution >= 0.6 is 0 Å². The van der Waals surface area contributed by atoms with Gasteiger partial charge in [0.1, 0.15) is 5.60 Å². The molecule has 3 nitrogen and oxygen atoms in total. The van der Waals surface area contributed by atoms with E-state index in [1.807, 2.05) is 44.2 Å². The average Bonchev–Trinajstić information content (AvgIpc) is 2.32. The van der Waals surface area contributed by atoms with Crippen molar-refractivity contribution in [3.8, 4) is 0 Å². The Labute approximate surface area is 121 Å². The Hall–Kier alpha value is -1.61. The highest BCUT2D eigenvalue weighted by molar-refractivity contribution is 5.86. The molecule has 0 aliphatic heterocycles. The molecule has 0 radical (unpaired) electrons. The van der Waals surface area contributed by atoms with Gasteiger partial charge in [-0.2, -0.15) is 4.89 Å². The molecule has 0 fully saturated rings. The molecule has 0 N–H and O–H groups in total. The quantitative estimate of drug-likeness (QED) is 0.454. The lowest BCUT2D eigenvalue weighted by Gasteiger charge is -2.30. The molecule has 0 bridgehead atoms. The van der Waals surface area contributed by atoms with E-state index in [1.165, 1.54) is 6.08 Å². The van der Waals surface area contributed by atoms with E-state index in [-0.39, 0.29) is 5.41 Å². The Morgan fingerprint density at radius 2 is 1.70 bits per heavy atom. The normalized spacial score (nSPS) is 12.7. The zero-order valence-electron chi connectivity index (χ0n) is 13.0.